The first kappa shape index (κ1) is 28.5. The molecule has 0 rings (SSSR count). The predicted octanol–water partition coefficient (Wildman–Crippen LogP) is -0.619. The van der Waals surface area contributed by atoms with Crippen LogP contribution in [0.15, 0.2) is 0 Å². The van der Waals surface area contributed by atoms with E-state index in [4.69, 9.17) is 5.73 Å². The van der Waals surface area contributed by atoms with E-state index in [0.717, 1.165) is 0 Å². The average Bonchev–Trinajstić information content (AvgIpc) is 2.67. The zero-order valence-electron chi connectivity index (χ0n) is 18.3. The molecule has 30 heavy (non-hydrogen) atoms. The van der Waals surface area contributed by atoms with E-state index in [2.05, 4.69) is 21.3 Å². The van der Waals surface area contributed by atoms with Gasteiger partial charge in [0.25, 0.3) is 0 Å². The molecule has 0 aliphatic heterocycles. The summed E-state index contributed by atoms with van der Waals surface area (Å²) in [5, 5.41) is 10.6. The molecule has 11 nitrogen and oxygen atoms in total. The minimum atomic E-state index is -4.42. The van der Waals surface area contributed by atoms with Crippen molar-refractivity contribution in [2.75, 3.05) is 20.1 Å². The molecule has 0 unspecified atom stereocenters. The smallest absolute Gasteiger partial charge is 0.342 e. The highest BCUT2D eigenvalue weighted by Crippen LogP contribution is 2.41. The number of hydrogen-bond donors (Lipinski definition) is 7. The van der Waals surface area contributed by atoms with Gasteiger partial charge in [0.05, 0.1) is 12.6 Å². The number of rotatable bonds is 15. The van der Waals surface area contributed by atoms with Crippen molar-refractivity contribution in [3.63, 3.8) is 0 Å². The second-order valence-electron chi connectivity index (χ2n) is 7.59. The van der Waals surface area contributed by atoms with Gasteiger partial charge >= 0.3 is 7.60 Å². The van der Waals surface area contributed by atoms with Crippen molar-refractivity contribution in [2.45, 2.75) is 70.7 Å². The maximum absolute atomic E-state index is 12.8. The Hall–Kier alpha value is -1.52. The molecular formula is C18H38N5O6P. The number of carbonyl (C=O) groups excluding carboxylic acids is 3. The number of hydrogen-bond acceptors (Lipinski definition) is 6. The van der Waals surface area contributed by atoms with Crippen molar-refractivity contribution in [1.29, 1.82) is 0 Å². The lowest BCUT2D eigenvalue weighted by Crippen LogP contribution is -2.54. The summed E-state index contributed by atoms with van der Waals surface area (Å²) in [7, 11) is -2.96. The lowest BCUT2D eigenvalue weighted by molar-refractivity contribution is -0.130. The number of nitrogens with two attached hydrogens (primary N) is 1. The molecule has 0 saturated heterocycles. The van der Waals surface area contributed by atoms with Crippen LogP contribution in [0.4, 0.5) is 0 Å². The molecule has 0 aromatic carbocycles. The number of nitrogens with one attached hydrogen (secondary N) is 4. The molecule has 176 valence electrons. The molecule has 0 heterocycles. The van der Waals surface area contributed by atoms with Crippen LogP contribution in [-0.2, 0) is 18.9 Å². The van der Waals surface area contributed by atoms with E-state index in [-0.39, 0.29) is 30.7 Å². The summed E-state index contributed by atoms with van der Waals surface area (Å²) >= 11 is 0. The first-order chi connectivity index (χ1) is 14.0. The Bertz CT molecular complexity index is 598. The van der Waals surface area contributed by atoms with Gasteiger partial charge in [-0.2, -0.15) is 0 Å². The first-order valence-electron chi connectivity index (χ1n) is 10.3. The van der Waals surface area contributed by atoms with Crippen molar-refractivity contribution < 1.29 is 28.7 Å². The SMILES string of the molecule is CC[C@H](N[C@@H](CC(C)C)C(=O)N[C@@H](CCCCNC(=O)CN)C(=O)NC)P(=O)(O)O. The van der Waals surface area contributed by atoms with Gasteiger partial charge in [0, 0.05) is 13.6 Å². The summed E-state index contributed by atoms with van der Waals surface area (Å²) < 4.78 is 11.7. The Labute approximate surface area is 178 Å². The van der Waals surface area contributed by atoms with E-state index in [9.17, 15) is 28.7 Å². The highest BCUT2D eigenvalue weighted by atomic mass is 31.2. The number of unbranched alkanes of at least 4 members (excludes halogenated alkanes) is 1. The number of likely N-dealkylation sites (N-methyl/N-ethyl adjacent to an activating group) is 1. The van der Waals surface area contributed by atoms with Gasteiger partial charge in [0.15, 0.2) is 0 Å². The highest BCUT2D eigenvalue weighted by molar-refractivity contribution is 7.52. The Morgan fingerprint density at radius 1 is 1.07 bits per heavy atom. The van der Waals surface area contributed by atoms with Crippen LogP contribution in [0.1, 0.15) is 52.9 Å². The molecule has 0 radical (unpaired) electrons. The summed E-state index contributed by atoms with van der Waals surface area (Å²) in [6, 6.07) is -1.64. The summed E-state index contributed by atoms with van der Waals surface area (Å²) in [4.78, 5) is 55.1. The van der Waals surface area contributed by atoms with Crippen molar-refractivity contribution in [1.82, 2.24) is 21.3 Å². The van der Waals surface area contributed by atoms with E-state index in [1.807, 2.05) is 13.8 Å². The van der Waals surface area contributed by atoms with Gasteiger partial charge in [0.1, 0.15) is 11.8 Å². The first-order valence-corrected chi connectivity index (χ1v) is 11.9. The molecule has 0 spiro atoms. The minimum Gasteiger partial charge on any atom is -0.357 e. The molecule has 3 atom stereocenters. The van der Waals surface area contributed by atoms with Crippen LogP contribution >= 0.6 is 7.60 Å². The van der Waals surface area contributed by atoms with Gasteiger partial charge < -0.3 is 31.5 Å². The molecule has 0 aromatic heterocycles. The highest BCUT2D eigenvalue weighted by Gasteiger charge is 2.33. The molecule has 0 fully saturated rings. The topological polar surface area (TPSA) is 183 Å². The van der Waals surface area contributed by atoms with E-state index >= 15 is 0 Å². The van der Waals surface area contributed by atoms with E-state index in [1.165, 1.54) is 7.05 Å². The Morgan fingerprint density at radius 3 is 2.17 bits per heavy atom. The molecule has 0 aromatic rings. The molecule has 8 N–H and O–H groups in total. The van der Waals surface area contributed by atoms with Gasteiger partial charge in [-0.1, -0.05) is 20.8 Å². The Morgan fingerprint density at radius 2 is 1.70 bits per heavy atom. The molecule has 0 saturated carbocycles. The number of carbonyl (C=O) groups is 3. The van der Waals surface area contributed by atoms with E-state index < -0.39 is 31.4 Å². The van der Waals surface area contributed by atoms with Crippen molar-refractivity contribution in [2.24, 2.45) is 11.7 Å². The third kappa shape index (κ3) is 11.6. The predicted molar refractivity (Wildman–Crippen MR) is 114 cm³/mol. The lowest BCUT2D eigenvalue weighted by atomic mass is 10.0. The van der Waals surface area contributed by atoms with Crippen molar-refractivity contribution >= 4 is 25.3 Å². The normalized spacial score (nSPS) is 14.7. The molecule has 0 aliphatic carbocycles. The lowest BCUT2D eigenvalue weighted by Gasteiger charge is -2.28. The van der Waals surface area contributed by atoms with Gasteiger partial charge in [0.2, 0.25) is 17.7 Å². The Kier molecular flexibility index (Phi) is 13.7. The molecular weight excluding hydrogens is 413 g/mol. The number of amides is 3. The van der Waals surface area contributed by atoms with Crippen LogP contribution in [0.5, 0.6) is 0 Å². The van der Waals surface area contributed by atoms with Crippen LogP contribution in [-0.4, -0.2) is 65.5 Å². The molecule has 0 bridgehead atoms. The van der Waals surface area contributed by atoms with E-state index in [0.29, 0.717) is 32.2 Å². The van der Waals surface area contributed by atoms with Crippen molar-refractivity contribution in [3.8, 4) is 0 Å². The third-order valence-corrected chi connectivity index (χ3v) is 5.84. The second kappa shape index (κ2) is 14.5. The summed E-state index contributed by atoms with van der Waals surface area (Å²) in [5.74, 6) is -2.16. The fourth-order valence-corrected chi connectivity index (χ4v) is 3.75. The van der Waals surface area contributed by atoms with E-state index in [1.54, 1.807) is 6.92 Å². The van der Waals surface area contributed by atoms with Gasteiger partial charge in [-0.15, -0.1) is 0 Å². The van der Waals surface area contributed by atoms with Crippen molar-refractivity contribution in [3.05, 3.63) is 0 Å². The maximum Gasteiger partial charge on any atom is 0.342 e. The largest absolute Gasteiger partial charge is 0.357 e. The summed E-state index contributed by atoms with van der Waals surface area (Å²) in [6.07, 6.45) is 2.05. The van der Waals surface area contributed by atoms with Gasteiger partial charge in [-0.25, -0.2) is 0 Å². The quantitative estimate of drug-likeness (QED) is 0.127. The van der Waals surface area contributed by atoms with Crippen LogP contribution < -0.4 is 27.0 Å². The zero-order valence-corrected chi connectivity index (χ0v) is 19.2. The van der Waals surface area contributed by atoms with Crippen LogP contribution in [0.2, 0.25) is 0 Å². The fraction of sp³-hybridized carbons (Fsp3) is 0.833. The van der Waals surface area contributed by atoms with Crippen LogP contribution in [0.3, 0.4) is 0 Å². The minimum absolute atomic E-state index is 0.0888. The molecule has 12 heteroatoms. The standard InChI is InChI=1S/C18H38N5O6P/c1-5-16(30(27,28)29)22-14(10-12(2)3)18(26)23-13(17(25)20-4)8-6-7-9-21-15(24)11-19/h12-14,16,22H,5-11,19H2,1-4H3,(H,20,25)(H,21,24)(H,23,26)(H2,27,28,29)/t13-,14-,16+/m0/s1. The maximum atomic E-state index is 12.8. The second-order valence-corrected chi connectivity index (χ2v) is 9.39. The summed E-state index contributed by atoms with van der Waals surface area (Å²) in [6.45, 7) is 5.74. The Balaban J connectivity index is 5.04. The van der Waals surface area contributed by atoms with Gasteiger partial charge in [-0.3, -0.25) is 24.3 Å². The monoisotopic (exact) mass is 451 g/mol. The average molecular weight is 452 g/mol. The summed E-state index contributed by atoms with van der Waals surface area (Å²) in [5.41, 5.74) is 5.21. The third-order valence-electron chi connectivity index (χ3n) is 4.52. The molecule has 3 amide bonds. The molecule has 0 aliphatic rings. The van der Waals surface area contributed by atoms with Crippen LogP contribution in [0.25, 0.3) is 0 Å². The van der Waals surface area contributed by atoms with Gasteiger partial charge in [-0.05, 0) is 38.0 Å². The van der Waals surface area contributed by atoms with Crippen LogP contribution in [0, 0.1) is 5.92 Å². The fourth-order valence-electron chi connectivity index (χ4n) is 2.90. The zero-order chi connectivity index (χ0) is 23.3.